The van der Waals surface area contributed by atoms with Crippen molar-refractivity contribution in [2.24, 2.45) is 10.4 Å². The van der Waals surface area contributed by atoms with E-state index >= 15 is 0 Å². The van der Waals surface area contributed by atoms with Crippen LogP contribution in [0, 0.1) is 16.7 Å². The van der Waals surface area contributed by atoms with Crippen LogP contribution < -0.4 is 4.90 Å². The third-order valence-corrected chi connectivity index (χ3v) is 2.77. The molecule has 0 fully saturated rings. The Labute approximate surface area is 106 Å². The molecule has 0 saturated carbocycles. The van der Waals surface area contributed by atoms with Crippen molar-refractivity contribution in [2.45, 2.75) is 20.3 Å². The predicted octanol–water partition coefficient (Wildman–Crippen LogP) is 3.00. The molecule has 0 amide bonds. The highest BCUT2D eigenvalue weighted by Gasteiger charge is 2.16. The Hall–Kier alpha value is -1.82. The quantitative estimate of drug-likeness (QED) is 0.755. The van der Waals surface area contributed by atoms with E-state index in [0.717, 1.165) is 6.42 Å². The molecular formula is C12H17N3O3. The highest BCUT2D eigenvalue weighted by Crippen LogP contribution is 2.37. The molecule has 1 rings (SSSR count). The second-order valence-corrected chi connectivity index (χ2v) is 3.97. The summed E-state index contributed by atoms with van der Waals surface area (Å²) in [7, 11) is 0. The number of aliphatic hydroxyl groups is 1. The van der Waals surface area contributed by atoms with Gasteiger partial charge in [-0.2, -0.15) is 0 Å². The molecule has 1 aromatic rings. The summed E-state index contributed by atoms with van der Waals surface area (Å²) >= 11 is 0. The summed E-state index contributed by atoms with van der Waals surface area (Å²) in [6.45, 7) is 4.76. The first-order chi connectivity index (χ1) is 8.69. The van der Waals surface area contributed by atoms with Crippen LogP contribution in [0.1, 0.15) is 18.9 Å². The summed E-state index contributed by atoms with van der Waals surface area (Å²) in [5, 5.41) is 14.9. The van der Waals surface area contributed by atoms with Crippen LogP contribution in [0.25, 0.3) is 0 Å². The molecule has 0 saturated heterocycles. The van der Waals surface area contributed by atoms with E-state index in [1.165, 1.54) is 0 Å². The average Bonchev–Trinajstić information content (AvgIpc) is 2.38. The molecule has 0 atom stereocenters. The summed E-state index contributed by atoms with van der Waals surface area (Å²) in [5.74, 6) is 0. The number of aliphatic hydroxyl groups excluding tert-OH is 1. The molecule has 0 radical (unpaired) electrons. The SMILES string of the molecule is CCCN(CCO)c1ccc(N=O)c(C)c1N=O. The standard InChI is InChI=1S/C12H17N3O3/c1-3-6-15(7-8-16)11-5-4-10(13-17)9(2)12(11)14-18/h4-5,16H,3,6-8H2,1-2H3. The van der Waals surface area contributed by atoms with Gasteiger partial charge in [-0.3, -0.25) is 0 Å². The fourth-order valence-electron chi connectivity index (χ4n) is 1.89. The minimum absolute atomic E-state index is 0.00890. The first-order valence-electron chi connectivity index (χ1n) is 5.85. The zero-order valence-electron chi connectivity index (χ0n) is 10.6. The van der Waals surface area contributed by atoms with Gasteiger partial charge >= 0.3 is 0 Å². The molecule has 0 unspecified atom stereocenters. The van der Waals surface area contributed by atoms with Gasteiger partial charge in [-0.25, -0.2) is 0 Å². The molecule has 0 aliphatic heterocycles. The van der Waals surface area contributed by atoms with Crippen LogP contribution in [-0.4, -0.2) is 24.8 Å². The third kappa shape index (κ3) is 2.89. The largest absolute Gasteiger partial charge is 0.395 e. The van der Waals surface area contributed by atoms with Gasteiger partial charge in [0.15, 0.2) is 0 Å². The Balaban J connectivity index is 3.25. The lowest BCUT2D eigenvalue weighted by molar-refractivity contribution is 0.302. The lowest BCUT2D eigenvalue weighted by atomic mass is 10.1. The number of hydrogen-bond donors (Lipinski definition) is 1. The van der Waals surface area contributed by atoms with Crippen LogP contribution in [0.15, 0.2) is 22.5 Å². The minimum atomic E-state index is -0.00890. The maximum atomic E-state index is 10.9. The highest BCUT2D eigenvalue weighted by molar-refractivity contribution is 5.76. The van der Waals surface area contributed by atoms with Crippen molar-refractivity contribution < 1.29 is 5.11 Å². The number of benzene rings is 1. The van der Waals surface area contributed by atoms with Crippen LogP contribution in [0.3, 0.4) is 0 Å². The summed E-state index contributed by atoms with van der Waals surface area (Å²) in [6, 6.07) is 3.21. The molecule has 1 N–H and O–H groups in total. The topological polar surface area (TPSA) is 82.3 Å². The highest BCUT2D eigenvalue weighted by atomic mass is 16.3. The molecule has 1 aromatic carbocycles. The number of rotatable bonds is 7. The first kappa shape index (κ1) is 14.2. The summed E-state index contributed by atoms with van der Waals surface area (Å²) in [4.78, 5) is 23.4. The van der Waals surface area contributed by atoms with Gasteiger partial charge in [-0.15, -0.1) is 9.81 Å². The zero-order valence-corrected chi connectivity index (χ0v) is 10.6. The van der Waals surface area contributed by atoms with E-state index in [1.54, 1.807) is 19.1 Å². The van der Waals surface area contributed by atoms with Crippen molar-refractivity contribution in [2.75, 3.05) is 24.6 Å². The lowest BCUT2D eigenvalue weighted by Gasteiger charge is -2.24. The van der Waals surface area contributed by atoms with Crippen LogP contribution in [0.4, 0.5) is 17.1 Å². The van der Waals surface area contributed by atoms with E-state index in [1.807, 2.05) is 11.8 Å². The van der Waals surface area contributed by atoms with E-state index < -0.39 is 0 Å². The lowest BCUT2D eigenvalue weighted by Crippen LogP contribution is -2.27. The van der Waals surface area contributed by atoms with Gasteiger partial charge in [-0.1, -0.05) is 6.92 Å². The van der Waals surface area contributed by atoms with Crippen molar-refractivity contribution in [1.29, 1.82) is 0 Å². The van der Waals surface area contributed by atoms with E-state index in [-0.39, 0.29) is 18.0 Å². The number of nitrogens with zero attached hydrogens (tertiary/aromatic N) is 3. The van der Waals surface area contributed by atoms with E-state index in [2.05, 4.69) is 10.4 Å². The average molecular weight is 251 g/mol. The number of hydrogen-bond acceptors (Lipinski definition) is 6. The van der Waals surface area contributed by atoms with Crippen molar-refractivity contribution in [3.8, 4) is 0 Å². The van der Waals surface area contributed by atoms with Crippen molar-refractivity contribution in [3.05, 3.63) is 27.5 Å². The van der Waals surface area contributed by atoms with Gasteiger partial charge < -0.3 is 10.0 Å². The van der Waals surface area contributed by atoms with Gasteiger partial charge in [0.05, 0.1) is 12.3 Å². The Kier molecular flexibility index (Phi) is 5.38. The zero-order chi connectivity index (χ0) is 13.5. The van der Waals surface area contributed by atoms with Gasteiger partial charge in [0.25, 0.3) is 0 Å². The number of nitroso groups, excluding NO2 is 2. The fraction of sp³-hybridized carbons (Fsp3) is 0.500. The Morgan fingerprint density at radius 1 is 1.22 bits per heavy atom. The molecule has 6 nitrogen and oxygen atoms in total. The maximum Gasteiger partial charge on any atom is 0.136 e. The van der Waals surface area contributed by atoms with Crippen LogP contribution >= 0.6 is 0 Å². The molecule has 0 spiro atoms. The molecule has 98 valence electrons. The van der Waals surface area contributed by atoms with E-state index in [9.17, 15) is 9.81 Å². The van der Waals surface area contributed by atoms with Crippen molar-refractivity contribution in [3.63, 3.8) is 0 Å². The monoisotopic (exact) mass is 251 g/mol. The fourth-order valence-corrected chi connectivity index (χ4v) is 1.89. The van der Waals surface area contributed by atoms with Crippen molar-refractivity contribution in [1.82, 2.24) is 0 Å². The van der Waals surface area contributed by atoms with Gasteiger partial charge in [0, 0.05) is 18.7 Å². The second-order valence-electron chi connectivity index (χ2n) is 3.97. The minimum Gasteiger partial charge on any atom is -0.395 e. The van der Waals surface area contributed by atoms with E-state index in [0.29, 0.717) is 24.3 Å². The molecular weight excluding hydrogens is 234 g/mol. The molecule has 6 heteroatoms. The normalized spacial score (nSPS) is 10.2. The Bertz CT molecular complexity index is 429. The molecule has 0 aromatic heterocycles. The molecule has 0 bridgehead atoms. The number of anilines is 1. The van der Waals surface area contributed by atoms with Gasteiger partial charge in [0.2, 0.25) is 0 Å². The second kappa shape index (κ2) is 6.80. The summed E-state index contributed by atoms with van der Waals surface area (Å²) in [6.07, 6.45) is 0.880. The van der Waals surface area contributed by atoms with Crippen LogP contribution in [0.5, 0.6) is 0 Å². The Morgan fingerprint density at radius 3 is 2.44 bits per heavy atom. The van der Waals surface area contributed by atoms with Crippen molar-refractivity contribution >= 4 is 17.1 Å². The smallest absolute Gasteiger partial charge is 0.136 e. The third-order valence-electron chi connectivity index (χ3n) is 2.77. The molecule has 0 aliphatic carbocycles. The molecule has 0 aliphatic rings. The van der Waals surface area contributed by atoms with Crippen LogP contribution in [-0.2, 0) is 0 Å². The van der Waals surface area contributed by atoms with E-state index in [4.69, 9.17) is 5.11 Å². The molecule has 0 heterocycles. The van der Waals surface area contributed by atoms with Gasteiger partial charge in [-0.05, 0) is 35.8 Å². The maximum absolute atomic E-state index is 10.9. The molecule has 18 heavy (non-hydrogen) atoms. The summed E-state index contributed by atoms with van der Waals surface area (Å²) in [5.41, 5.74) is 1.53. The summed E-state index contributed by atoms with van der Waals surface area (Å²) < 4.78 is 0. The van der Waals surface area contributed by atoms with Gasteiger partial charge in [0.1, 0.15) is 11.4 Å². The first-order valence-corrected chi connectivity index (χ1v) is 5.85. The van der Waals surface area contributed by atoms with Crippen LogP contribution in [0.2, 0.25) is 0 Å². The Morgan fingerprint density at radius 2 is 1.94 bits per heavy atom. The predicted molar refractivity (Wildman–Crippen MR) is 71.7 cm³/mol.